The van der Waals surface area contributed by atoms with Crippen molar-refractivity contribution in [2.24, 2.45) is 0 Å². The van der Waals surface area contributed by atoms with E-state index < -0.39 is 0 Å². The van der Waals surface area contributed by atoms with E-state index in [1.165, 1.54) is 0 Å². The Labute approximate surface area is 72.5 Å². The molecule has 2 heteroatoms. The molecule has 60 valence electrons. The third-order valence-electron chi connectivity index (χ3n) is 1.14. The number of allylic oxidation sites excluding steroid dienone is 1. The highest BCUT2D eigenvalue weighted by Gasteiger charge is 1.93. The lowest BCUT2D eigenvalue weighted by Gasteiger charge is -1.91. The Bertz CT molecular complexity index is 282. The minimum atomic E-state index is 0.452. The van der Waals surface area contributed by atoms with Gasteiger partial charge >= 0.3 is 0 Å². The van der Waals surface area contributed by atoms with E-state index in [2.05, 4.69) is 24.7 Å². The molecule has 0 aliphatic heterocycles. The number of nitriles is 1. The Morgan fingerprint density at radius 1 is 1.50 bits per heavy atom. The summed E-state index contributed by atoms with van der Waals surface area (Å²) in [5.41, 5.74) is 1.23. The highest BCUT2D eigenvalue weighted by molar-refractivity contribution is 5.73. The van der Waals surface area contributed by atoms with Crippen molar-refractivity contribution in [2.45, 2.75) is 0 Å². The lowest BCUT2D eigenvalue weighted by molar-refractivity contribution is 1.31. The van der Waals surface area contributed by atoms with Crippen LogP contribution in [0.25, 0.3) is 5.57 Å². The number of hydrogen-bond acceptors (Lipinski definition) is 2. The monoisotopic (exact) mass is 158 g/mol. The average molecular weight is 158 g/mol. The summed E-state index contributed by atoms with van der Waals surface area (Å²) in [5, 5.41) is 8.41. The first-order valence-corrected chi connectivity index (χ1v) is 3.34. The molecule has 0 aromatic carbocycles. The third-order valence-corrected chi connectivity index (χ3v) is 1.14. The van der Waals surface area contributed by atoms with Crippen molar-refractivity contribution in [1.29, 1.82) is 5.26 Å². The Morgan fingerprint density at radius 3 is 2.58 bits per heavy atom. The van der Waals surface area contributed by atoms with Gasteiger partial charge in [-0.05, 0) is 6.07 Å². The number of pyridine rings is 1. The van der Waals surface area contributed by atoms with Crippen LogP contribution in [0.2, 0.25) is 0 Å². The van der Waals surface area contributed by atoms with Crippen LogP contribution in [-0.4, -0.2) is 4.98 Å². The molecule has 2 nitrogen and oxygen atoms in total. The second-order valence-corrected chi connectivity index (χ2v) is 1.83. The first-order valence-electron chi connectivity index (χ1n) is 3.34. The molecule has 1 heterocycles. The van der Waals surface area contributed by atoms with E-state index in [4.69, 9.17) is 5.26 Å². The maximum Gasteiger partial charge on any atom is 0.0992 e. The van der Waals surface area contributed by atoms with Crippen LogP contribution >= 0.6 is 0 Å². The summed E-state index contributed by atoms with van der Waals surface area (Å²) in [7, 11) is 0. The summed E-state index contributed by atoms with van der Waals surface area (Å²) < 4.78 is 0. The van der Waals surface area contributed by atoms with Gasteiger partial charge in [0.2, 0.25) is 0 Å². The highest BCUT2D eigenvalue weighted by Crippen LogP contribution is 2.07. The number of rotatable bonds is 1. The van der Waals surface area contributed by atoms with Crippen molar-refractivity contribution in [1.82, 2.24) is 4.98 Å². The Morgan fingerprint density at radius 2 is 2.17 bits per heavy atom. The lowest BCUT2D eigenvalue weighted by Crippen LogP contribution is -1.78. The predicted molar refractivity (Wildman–Crippen MR) is 50.1 cm³/mol. The molecule has 1 aromatic heterocycles. The van der Waals surface area contributed by atoms with E-state index in [9.17, 15) is 0 Å². The van der Waals surface area contributed by atoms with Gasteiger partial charge in [0, 0.05) is 18.0 Å². The zero-order valence-electron chi connectivity index (χ0n) is 6.83. The molecular weight excluding hydrogens is 148 g/mol. The molecule has 0 saturated carbocycles. The molecule has 0 unspecified atom stereocenters. The third kappa shape index (κ3) is 2.80. The SMILES string of the molecule is C=C.C=C(C#N)c1cccnc1. The van der Waals surface area contributed by atoms with Gasteiger partial charge in [-0.15, -0.1) is 13.2 Å². The fourth-order valence-electron chi connectivity index (χ4n) is 0.606. The molecule has 0 aliphatic carbocycles. The lowest BCUT2D eigenvalue weighted by atomic mass is 10.1. The zero-order valence-corrected chi connectivity index (χ0v) is 6.83. The second kappa shape index (κ2) is 5.87. The van der Waals surface area contributed by atoms with Crippen LogP contribution in [0.3, 0.4) is 0 Å². The molecule has 0 fully saturated rings. The molecule has 0 bridgehead atoms. The fraction of sp³-hybridized carbons (Fsp3) is 0. The largest absolute Gasteiger partial charge is 0.264 e. The van der Waals surface area contributed by atoms with Crippen molar-refractivity contribution < 1.29 is 0 Å². The molecular formula is C10H10N2. The van der Waals surface area contributed by atoms with Crippen LogP contribution in [0.4, 0.5) is 0 Å². The minimum Gasteiger partial charge on any atom is -0.264 e. The number of nitrogens with zero attached hydrogens (tertiary/aromatic N) is 2. The van der Waals surface area contributed by atoms with E-state index in [0.717, 1.165) is 5.56 Å². The van der Waals surface area contributed by atoms with Crippen LogP contribution in [-0.2, 0) is 0 Å². The quantitative estimate of drug-likeness (QED) is 0.465. The average Bonchev–Trinajstić information content (AvgIpc) is 2.21. The van der Waals surface area contributed by atoms with Crippen LogP contribution < -0.4 is 0 Å². The Kier molecular flexibility index (Phi) is 4.95. The number of hydrogen-bond donors (Lipinski definition) is 0. The van der Waals surface area contributed by atoms with E-state index in [1.54, 1.807) is 24.5 Å². The van der Waals surface area contributed by atoms with Crippen LogP contribution in [0, 0.1) is 11.3 Å². The molecule has 0 N–H and O–H groups in total. The van der Waals surface area contributed by atoms with E-state index >= 15 is 0 Å². The molecule has 0 aliphatic rings. The molecule has 0 radical (unpaired) electrons. The summed E-state index contributed by atoms with van der Waals surface area (Å²) in [6, 6.07) is 5.53. The Hall–Kier alpha value is -1.88. The molecule has 0 saturated heterocycles. The van der Waals surface area contributed by atoms with E-state index in [0.29, 0.717) is 5.57 Å². The minimum absolute atomic E-state index is 0.452. The fourth-order valence-corrected chi connectivity index (χ4v) is 0.606. The Balaban J connectivity index is 0.000000561. The maximum absolute atomic E-state index is 8.41. The van der Waals surface area contributed by atoms with E-state index in [1.807, 2.05) is 6.07 Å². The summed E-state index contributed by atoms with van der Waals surface area (Å²) in [5.74, 6) is 0. The summed E-state index contributed by atoms with van der Waals surface area (Å²) in [6.45, 7) is 9.54. The molecule has 0 spiro atoms. The molecule has 0 amide bonds. The standard InChI is InChI=1S/C8H6N2.C2H4/c1-7(5-9)8-3-2-4-10-6-8;1-2/h2-4,6H,1H2;1-2H2. The van der Waals surface area contributed by atoms with Crippen LogP contribution in [0.1, 0.15) is 5.56 Å². The summed E-state index contributed by atoms with van der Waals surface area (Å²) >= 11 is 0. The van der Waals surface area contributed by atoms with Gasteiger partial charge in [-0.25, -0.2) is 0 Å². The summed E-state index contributed by atoms with van der Waals surface area (Å²) in [6.07, 6.45) is 3.28. The van der Waals surface area contributed by atoms with Crippen molar-refractivity contribution >= 4 is 5.57 Å². The second-order valence-electron chi connectivity index (χ2n) is 1.83. The highest BCUT2D eigenvalue weighted by atomic mass is 14.6. The van der Waals surface area contributed by atoms with Gasteiger partial charge in [-0.1, -0.05) is 12.6 Å². The van der Waals surface area contributed by atoms with Gasteiger partial charge in [0.25, 0.3) is 0 Å². The zero-order chi connectivity index (χ0) is 9.40. The summed E-state index contributed by atoms with van der Waals surface area (Å²) in [4.78, 5) is 3.84. The van der Waals surface area contributed by atoms with Gasteiger partial charge in [-0.2, -0.15) is 5.26 Å². The van der Waals surface area contributed by atoms with Gasteiger partial charge in [0.05, 0.1) is 11.6 Å². The molecule has 0 atom stereocenters. The smallest absolute Gasteiger partial charge is 0.0992 e. The van der Waals surface area contributed by atoms with Crippen LogP contribution in [0.15, 0.2) is 44.3 Å². The van der Waals surface area contributed by atoms with Gasteiger partial charge in [-0.3, -0.25) is 4.98 Å². The topological polar surface area (TPSA) is 36.7 Å². The predicted octanol–water partition coefficient (Wildman–Crippen LogP) is 2.42. The number of aromatic nitrogens is 1. The van der Waals surface area contributed by atoms with E-state index in [-0.39, 0.29) is 0 Å². The van der Waals surface area contributed by atoms with Gasteiger partial charge in [0.15, 0.2) is 0 Å². The first-order chi connectivity index (χ1) is 5.84. The van der Waals surface area contributed by atoms with Crippen molar-refractivity contribution in [3.63, 3.8) is 0 Å². The normalized spacial score (nSPS) is 7.25. The van der Waals surface area contributed by atoms with Crippen molar-refractivity contribution in [2.75, 3.05) is 0 Å². The molecule has 1 rings (SSSR count). The van der Waals surface area contributed by atoms with Gasteiger partial charge in [0.1, 0.15) is 0 Å². The maximum atomic E-state index is 8.41. The molecule has 12 heavy (non-hydrogen) atoms. The van der Waals surface area contributed by atoms with Gasteiger partial charge < -0.3 is 0 Å². The van der Waals surface area contributed by atoms with Crippen molar-refractivity contribution in [3.8, 4) is 6.07 Å². The van der Waals surface area contributed by atoms with Crippen LogP contribution in [0.5, 0.6) is 0 Å². The molecule has 1 aromatic rings. The van der Waals surface area contributed by atoms with Crippen molar-refractivity contribution in [3.05, 3.63) is 49.8 Å². The first kappa shape index (κ1) is 10.1.